The van der Waals surface area contributed by atoms with Crippen molar-refractivity contribution in [2.24, 2.45) is 5.92 Å². The highest BCUT2D eigenvalue weighted by Crippen LogP contribution is 2.27. The normalized spacial score (nSPS) is 21.1. The summed E-state index contributed by atoms with van der Waals surface area (Å²) in [6.45, 7) is 15.2. The van der Waals surface area contributed by atoms with Gasteiger partial charge in [-0.1, -0.05) is 63.6 Å². The standard InChI is InChI=1S/C21H33N/c1-6-21(4,5)20-11-9-19(10-12-20)14-18(3)16-22-13-7-8-17(2)15-22/h9-12,14,17H,6-8,13,15-16H2,1-5H3. The molecule has 1 saturated heterocycles. The Morgan fingerprint density at radius 3 is 2.55 bits per heavy atom. The fourth-order valence-corrected chi connectivity index (χ4v) is 3.35. The molecule has 1 heteroatoms. The molecule has 0 amide bonds. The van der Waals surface area contributed by atoms with Crippen LogP contribution < -0.4 is 0 Å². The molecule has 122 valence electrons. The molecular weight excluding hydrogens is 266 g/mol. The molecule has 1 fully saturated rings. The highest BCUT2D eigenvalue weighted by Gasteiger charge is 2.18. The average molecular weight is 300 g/mol. The number of rotatable bonds is 5. The second-order valence-corrected chi connectivity index (χ2v) is 7.83. The Morgan fingerprint density at radius 1 is 1.27 bits per heavy atom. The zero-order valence-electron chi connectivity index (χ0n) is 15.2. The van der Waals surface area contributed by atoms with Gasteiger partial charge in [-0.05, 0) is 55.2 Å². The van der Waals surface area contributed by atoms with E-state index in [0.29, 0.717) is 0 Å². The molecule has 0 radical (unpaired) electrons. The van der Waals surface area contributed by atoms with Crippen molar-refractivity contribution in [1.82, 2.24) is 4.90 Å². The minimum atomic E-state index is 0.279. The molecule has 0 spiro atoms. The number of piperidine rings is 1. The Hall–Kier alpha value is -1.08. The molecule has 1 aromatic carbocycles. The Balaban J connectivity index is 1.99. The van der Waals surface area contributed by atoms with Crippen molar-refractivity contribution in [3.8, 4) is 0 Å². The van der Waals surface area contributed by atoms with Crippen LogP contribution in [-0.4, -0.2) is 24.5 Å². The van der Waals surface area contributed by atoms with Gasteiger partial charge >= 0.3 is 0 Å². The first kappa shape index (κ1) is 17.3. The minimum absolute atomic E-state index is 0.279. The first-order chi connectivity index (χ1) is 10.4. The SMILES string of the molecule is CCC(C)(C)c1ccc(C=C(C)CN2CCCC(C)C2)cc1. The maximum atomic E-state index is 2.61. The van der Waals surface area contributed by atoms with Gasteiger partial charge in [-0.25, -0.2) is 0 Å². The van der Waals surface area contributed by atoms with Crippen LogP contribution in [0.5, 0.6) is 0 Å². The number of benzene rings is 1. The molecule has 1 aliphatic heterocycles. The molecule has 2 rings (SSSR count). The van der Waals surface area contributed by atoms with Gasteiger partial charge in [-0.2, -0.15) is 0 Å². The quantitative estimate of drug-likeness (QED) is 0.693. The van der Waals surface area contributed by atoms with Gasteiger partial charge in [0.2, 0.25) is 0 Å². The van der Waals surface area contributed by atoms with Crippen molar-refractivity contribution < 1.29 is 0 Å². The van der Waals surface area contributed by atoms with Gasteiger partial charge < -0.3 is 0 Å². The van der Waals surface area contributed by atoms with E-state index in [1.807, 2.05) is 0 Å². The van der Waals surface area contributed by atoms with Crippen LogP contribution in [0.25, 0.3) is 6.08 Å². The molecule has 1 aliphatic rings. The molecular formula is C21H33N. The zero-order valence-corrected chi connectivity index (χ0v) is 15.2. The fourth-order valence-electron chi connectivity index (χ4n) is 3.35. The third kappa shape index (κ3) is 4.71. The van der Waals surface area contributed by atoms with E-state index in [1.165, 1.54) is 49.1 Å². The monoisotopic (exact) mass is 299 g/mol. The van der Waals surface area contributed by atoms with Gasteiger partial charge in [0, 0.05) is 13.1 Å². The van der Waals surface area contributed by atoms with Crippen LogP contribution in [0.3, 0.4) is 0 Å². The fraction of sp³-hybridized carbons (Fsp3) is 0.619. The Morgan fingerprint density at radius 2 is 1.95 bits per heavy atom. The van der Waals surface area contributed by atoms with E-state index < -0.39 is 0 Å². The second-order valence-electron chi connectivity index (χ2n) is 7.83. The smallest absolute Gasteiger partial charge is 0.0193 e. The highest BCUT2D eigenvalue weighted by molar-refractivity contribution is 5.53. The summed E-state index contributed by atoms with van der Waals surface area (Å²) in [6, 6.07) is 9.14. The van der Waals surface area contributed by atoms with Crippen molar-refractivity contribution >= 4 is 6.08 Å². The molecule has 1 atom stereocenters. The van der Waals surface area contributed by atoms with E-state index in [2.05, 4.69) is 69.9 Å². The lowest BCUT2D eigenvalue weighted by Gasteiger charge is -2.31. The van der Waals surface area contributed by atoms with E-state index >= 15 is 0 Å². The molecule has 1 heterocycles. The van der Waals surface area contributed by atoms with E-state index in [1.54, 1.807) is 0 Å². The van der Waals surface area contributed by atoms with Crippen LogP contribution in [-0.2, 0) is 5.41 Å². The number of nitrogens with zero attached hydrogens (tertiary/aromatic N) is 1. The summed E-state index contributed by atoms with van der Waals surface area (Å²) in [5.41, 5.74) is 4.52. The Labute approximate surface area is 137 Å². The number of hydrogen-bond acceptors (Lipinski definition) is 1. The Bertz CT molecular complexity index is 495. The van der Waals surface area contributed by atoms with Crippen LogP contribution in [0, 0.1) is 5.92 Å². The number of likely N-dealkylation sites (tertiary alicyclic amines) is 1. The first-order valence-corrected chi connectivity index (χ1v) is 8.91. The second kappa shape index (κ2) is 7.46. The van der Waals surface area contributed by atoms with Crippen molar-refractivity contribution in [3.63, 3.8) is 0 Å². The summed E-state index contributed by atoms with van der Waals surface area (Å²) in [5.74, 6) is 0.858. The van der Waals surface area contributed by atoms with Gasteiger partial charge in [0.05, 0.1) is 0 Å². The van der Waals surface area contributed by atoms with Gasteiger partial charge in [0.15, 0.2) is 0 Å². The molecule has 1 unspecified atom stereocenters. The summed E-state index contributed by atoms with van der Waals surface area (Å²) < 4.78 is 0. The van der Waals surface area contributed by atoms with Crippen molar-refractivity contribution in [2.45, 2.75) is 59.3 Å². The summed E-state index contributed by atoms with van der Waals surface area (Å²) in [6.07, 6.45) is 6.28. The average Bonchev–Trinajstić information content (AvgIpc) is 2.47. The lowest BCUT2D eigenvalue weighted by Crippen LogP contribution is -2.35. The van der Waals surface area contributed by atoms with Crippen molar-refractivity contribution in [3.05, 3.63) is 41.0 Å². The summed E-state index contributed by atoms with van der Waals surface area (Å²) in [4.78, 5) is 2.61. The molecule has 1 aromatic rings. The van der Waals surface area contributed by atoms with Crippen molar-refractivity contribution in [1.29, 1.82) is 0 Å². The molecule has 22 heavy (non-hydrogen) atoms. The molecule has 0 aromatic heterocycles. The highest BCUT2D eigenvalue weighted by atomic mass is 15.1. The summed E-state index contributed by atoms with van der Waals surface area (Å²) >= 11 is 0. The lowest BCUT2D eigenvalue weighted by atomic mass is 9.82. The maximum Gasteiger partial charge on any atom is 0.0193 e. The molecule has 0 saturated carbocycles. The summed E-state index contributed by atoms with van der Waals surface area (Å²) in [7, 11) is 0. The Kier molecular flexibility index (Phi) is 5.86. The van der Waals surface area contributed by atoms with Crippen LogP contribution in [0.1, 0.15) is 65.0 Å². The molecule has 0 aliphatic carbocycles. The van der Waals surface area contributed by atoms with Crippen LogP contribution in [0.2, 0.25) is 0 Å². The van der Waals surface area contributed by atoms with Gasteiger partial charge in [0.25, 0.3) is 0 Å². The van der Waals surface area contributed by atoms with Gasteiger partial charge in [-0.15, -0.1) is 0 Å². The molecule has 1 nitrogen and oxygen atoms in total. The van der Waals surface area contributed by atoms with Crippen LogP contribution in [0.4, 0.5) is 0 Å². The molecule has 0 bridgehead atoms. The zero-order chi connectivity index (χ0) is 16.2. The first-order valence-electron chi connectivity index (χ1n) is 8.91. The largest absolute Gasteiger partial charge is 0.299 e. The third-order valence-corrected chi connectivity index (χ3v) is 5.20. The van der Waals surface area contributed by atoms with Crippen LogP contribution in [0.15, 0.2) is 29.8 Å². The van der Waals surface area contributed by atoms with E-state index in [9.17, 15) is 0 Å². The van der Waals surface area contributed by atoms with Crippen LogP contribution >= 0.6 is 0 Å². The predicted molar refractivity (Wildman–Crippen MR) is 98.2 cm³/mol. The minimum Gasteiger partial charge on any atom is -0.299 e. The molecule has 0 N–H and O–H groups in total. The lowest BCUT2D eigenvalue weighted by molar-refractivity contribution is 0.198. The van der Waals surface area contributed by atoms with E-state index in [4.69, 9.17) is 0 Å². The van der Waals surface area contributed by atoms with Gasteiger partial charge in [-0.3, -0.25) is 4.90 Å². The topological polar surface area (TPSA) is 3.24 Å². The predicted octanol–water partition coefficient (Wildman–Crippen LogP) is 5.51. The maximum absolute atomic E-state index is 2.61. The van der Waals surface area contributed by atoms with E-state index in [0.717, 1.165) is 12.5 Å². The summed E-state index contributed by atoms with van der Waals surface area (Å²) in [5, 5.41) is 0. The third-order valence-electron chi connectivity index (χ3n) is 5.20. The number of hydrogen-bond donors (Lipinski definition) is 0. The van der Waals surface area contributed by atoms with Gasteiger partial charge in [0.1, 0.15) is 0 Å². The van der Waals surface area contributed by atoms with Crippen molar-refractivity contribution in [2.75, 3.05) is 19.6 Å². The van der Waals surface area contributed by atoms with E-state index in [-0.39, 0.29) is 5.41 Å².